The molecule has 68 heavy (non-hydrogen) atoms. The normalized spacial score (nSPS) is 14.2. The van der Waals surface area contributed by atoms with Crippen molar-refractivity contribution in [3.05, 3.63) is 169 Å². The van der Waals surface area contributed by atoms with E-state index in [4.69, 9.17) is 20.0 Å². The Balaban J connectivity index is 0.000000252. The summed E-state index contributed by atoms with van der Waals surface area (Å²) in [5, 5.41) is 73.5. The first kappa shape index (κ1) is 52.5. The van der Waals surface area contributed by atoms with Crippen LogP contribution < -0.4 is 14.5 Å². The predicted octanol–water partition coefficient (Wildman–Crippen LogP) is 11.8. The Bertz CT molecular complexity index is 2600. The maximum atomic E-state index is 10.8. The predicted molar refractivity (Wildman–Crippen MR) is 261 cm³/mol. The Hall–Kier alpha value is -8.12. The molecule has 2 N–H and O–H groups in total. The summed E-state index contributed by atoms with van der Waals surface area (Å²) in [5.41, 5.74) is 7.22. The van der Waals surface area contributed by atoms with Crippen LogP contribution in [0.4, 0.5) is 51.2 Å². The van der Waals surface area contributed by atoms with Crippen molar-refractivity contribution in [2.45, 2.75) is 39.8 Å². The van der Waals surface area contributed by atoms with E-state index in [0.717, 1.165) is 29.9 Å². The zero-order valence-corrected chi connectivity index (χ0v) is 38.7. The fourth-order valence-corrected chi connectivity index (χ4v) is 6.42. The lowest BCUT2D eigenvalue weighted by Crippen LogP contribution is -2.25. The molecule has 0 saturated carbocycles. The molecule has 0 spiro atoms. The summed E-state index contributed by atoms with van der Waals surface area (Å²) >= 11 is 0. The van der Waals surface area contributed by atoms with Gasteiger partial charge in [-0.1, -0.05) is 18.2 Å². The average molecular weight is 928 g/mol. The highest BCUT2D eigenvalue weighted by atomic mass is 16.6. The molecule has 0 amide bonds. The van der Waals surface area contributed by atoms with Crippen molar-refractivity contribution in [2.24, 2.45) is 30.7 Å². The van der Waals surface area contributed by atoms with E-state index in [2.05, 4.69) is 64.5 Å². The van der Waals surface area contributed by atoms with Gasteiger partial charge in [0.25, 0.3) is 11.4 Å². The van der Waals surface area contributed by atoms with Crippen LogP contribution in [-0.2, 0) is 4.74 Å². The standard InChI is InChI=1S/C24H26N6O4.C14H14N5O3.C10H15NO/c1-4-29(13-14-31)20-9-5-18(6-10-20)26-28-23-15-17(2)22(16-24(23)34-3)27-25-19-7-11-21(12-8-19)30(32)33;1-9-7-13(16-15)14(22-2)8-12(9)18-17-10-3-5-11(6-4-10)19(20)21;1-2-11(8-9-12)10-6-4-3-5-7-10/h5-12,15-16,31H,4,13-14H2,1-3H3;3-8,13-14H,1-2H3;3-7,12H,2,8-9H2,1H3/q;+1;. The maximum absolute atomic E-state index is 10.8. The molecule has 0 bridgehead atoms. The first-order valence-electron chi connectivity index (χ1n) is 21.4. The van der Waals surface area contributed by atoms with E-state index < -0.39 is 22.0 Å². The van der Waals surface area contributed by atoms with Crippen LogP contribution >= 0.6 is 0 Å². The molecule has 2 atom stereocenters. The number of aliphatic hydroxyl groups is 2. The number of nitro groups is 2. The number of para-hydroxylation sites is 1. The van der Waals surface area contributed by atoms with E-state index in [1.807, 2.05) is 63.2 Å². The van der Waals surface area contributed by atoms with Crippen molar-refractivity contribution in [1.29, 1.82) is 5.39 Å². The van der Waals surface area contributed by atoms with Crippen LogP contribution in [0, 0.1) is 32.5 Å². The Labute approximate surface area is 394 Å². The number of hydrogen-bond donors (Lipinski definition) is 2. The number of allylic oxidation sites excluding steroid dienone is 1. The van der Waals surface area contributed by atoms with Crippen LogP contribution in [-0.4, -0.2) is 85.8 Å². The number of methoxy groups -OCH3 is 2. The highest BCUT2D eigenvalue weighted by molar-refractivity contribution is 5.63. The summed E-state index contributed by atoms with van der Waals surface area (Å²) in [4.78, 5) is 27.9. The number of aryl methyl sites for hydroxylation is 1. The average Bonchev–Trinajstić information content (AvgIpc) is 3.36. The molecular formula is C48H55N12O8+. The number of aliphatic hydroxyl groups excluding tert-OH is 2. The van der Waals surface area contributed by atoms with Crippen molar-refractivity contribution in [3.8, 4) is 5.75 Å². The summed E-state index contributed by atoms with van der Waals surface area (Å²) in [5.74, 6) is 0.490. The largest absolute Gasteiger partial charge is 0.494 e. The third kappa shape index (κ3) is 15.8. The molecule has 2 unspecified atom stereocenters. The number of azo groups is 3. The van der Waals surface area contributed by atoms with Crippen LogP contribution in [0.25, 0.3) is 4.98 Å². The summed E-state index contributed by atoms with van der Waals surface area (Å²) < 4.78 is 10.7. The number of rotatable bonds is 18. The highest BCUT2D eigenvalue weighted by Gasteiger charge is 2.33. The monoisotopic (exact) mass is 927 g/mol. The molecule has 0 saturated heterocycles. The zero-order chi connectivity index (χ0) is 49.4. The number of hydrogen-bond acceptors (Lipinski definition) is 17. The van der Waals surface area contributed by atoms with Gasteiger partial charge < -0.3 is 29.5 Å². The molecule has 5 aromatic carbocycles. The lowest BCUT2D eigenvalue weighted by Gasteiger charge is -2.21. The lowest BCUT2D eigenvalue weighted by molar-refractivity contribution is -0.385. The molecule has 1 aliphatic carbocycles. The SMILES string of the molecule is CCN(CCO)c1ccc(N=Nc2cc(C)c(N=Nc3ccc([N+](=O)[O-])cc3)cc2OC)cc1.CCN(CCO)c1ccccc1.COC1C=C(N=Nc2ccc([N+](=O)[O-])cc2)C(C)=CC1[N+]#N. The lowest BCUT2D eigenvalue weighted by atomic mass is 9.99. The zero-order valence-electron chi connectivity index (χ0n) is 38.7. The van der Waals surface area contributed by atoms with Crippen molar-refractivity contribution in [3.63, 3.8) is 0 Å². The number of non-ortho nitro benzene ring substituents is 2. The number of nitro benzene ring substituents is 2. The van der Waals surface area contributed by atoms with E-state index in [1.165, 1.54) is 68.4 Å². The first-order valence-corrected chi connectivity index (χ1v) is 21.4. The summed E-state index contributed by atoms with van der Waals surface area (Å²) in [7, 11) is 3.05. The molecule has 0 fully saturated rings. The quantitative estimate of drug-likeness (QED) is 0.0361. The van der Waals surface area contributed by atoms with Crippen molar-refractivity contribution >= 4 is 51.2 Å². The highest BCUT2D eigenvalue weighted by Crippen LogP contribution is 2.37. The van der Waals surface area contributed by atoms with Crippen LogP contribution in [0.3, 0.4) is 0 Å². The number of diazo groups is 1. The van der Waals surface area contributed by atoms with Gasteiger partial charge in [-0.3, -0.25) is 20.2 Å². The number of anilines is 2. The van der Waals surface area contributed by atoms with Gasteiger partial charge in [-0.2, -0.15) is 25.6 Å². The molecule has 354 valence electrons. The van der Waals surface area contributed by atoms with E-state index in [0.29, 0.717) is 53.0 Å². The minimum atomic E-state index is -0.473. The minimum Gasteiger partial charge on any atom is -0.494 e. The van der Waals surface area contributed by atoms with Crippen LogP contribution in [0.5, 0.6) is 5.75 Å². The Morgan fingerprint density at radius 1 is 0.647 bits per heavy atom. The third-order valence-electron chi connectivity index (χ3n) is 10.2. The fourth-order valence-electron chi connectivity index (χ4n) is 6.42. The second-order valence-electron chi connectivity index (χ2n) is 14.6. The van der Waals surface area contributed by atoms with Gasteiger partial charge in [0.1, 0.15) is 16.4 Å². The van der Waals surface area contributed by atoms with Gasteiger partial charge >= 0.3 is 6.04 Å². The van der Waals surface area contributed by atoms with Crippen LogP contribution in [0.15, 0.2) is 169 Å². The molecular weight excluding hydrogens is 873 g/mol. The number of nitrogens with zero attached hydrogens (tertiary/aromatic N) is 12. The van der Waals surface area contributed by atoms with Gasteiger partial charge in [-0.25, -0.2) is 0 Å². The summed E-state index contributed by atoms with van der Waals surface area (Å²) in [6.45, 7) is 11.1. The minimum absolute atomic E-state index is 0.00115. The molecule has 0 aliphatic heterocycles. The van der Waals surface area contributed by atoms with E-state index in [-0.39, 0.29) is 24.6 Å². The van der Waals surface area contributed by atoms with Gasteiger partial charge in [0.05, 0.1) is 58.6 Å². The van der Waals surface area contributed by atoms with Crippen molar-refractivity contribution in [2.75, 3.05) is 63.4 Å². The van der Waals surface area contributed by atoms with Gasteiger partial charge in [0.15, 0.2) is 6.10 Å². The van der Waals surface area contributed by atoms with Crippen molar-refractivity contribution < 1.29 is 29.5 Å². The molecule has 1 aliphatic rings. The second-order valence-corrected chi connectivity index (χ2v) is 14.6. The molecule has 6 rings (SSSR count). The number of benzene rings is 5. The molecule has 20 nitrogen and oxygen atoms in total. The number of likely N-dealkylation sites (N-methyl/N-ethyl adjacent to an activating group) is 2. The van der Waals surface area contributed by atoms with E-state index in [9.17, 15) is 25.3 Å². The molecule has 5 aromatic rings. The Morgan fingerprint density at radius 3 is 1.56 bits per heavy atom. The van der Waals surface area contributed by atoms with Crippen LogP contribution in [0.2, 0.25) is 0 Å². The molecule has 0 heterocycles. The maximum Gasteiger partial charge on any atom is 0.362 e. The molecule has 0 radical (unpaired) electrons. The molecule has 0 aromatic heterocycles. The Kier molecular flexibility index (Phi) is 21.1. The van der Waals surface area contributed by atoms with Crippen molar-refractivity contribution in [1.82, 2.24) is 0 Å². The first-order chi connectivity index (χ1) is 32.9. The fraction of sp³-hybridized carbons (Fsp3) is 0.292. The van der Waals surface area contributed by atoms with Gasteiger partial charge in [0, 0.05) is 81.1 Å². The number of ether oxygens (including phenoxy) is 2. The summed E-state index contributed by atoms with van der Waals surface area (Å²) in [6, 6.07) is 32.4. The van der Waals surface area contributed by atoms with Gasteiger partial charge in [0.2, 0.25) is 5.39 Å². The Morgan fingerprint density at radius 2 is 1.12 bits per heavy atom. The van der Waals surface area contributed by atoms with E-state index >= 15 is 0 Å². The van der Waals surface area contributed by atoms with Crippen LogP contribution in [0.1, 0.15) is 26.3 Å². The van der Waals surface area contributed by atoms with Gasteiger partial charge in [-0.05, 0) is 112 Å². The third-order valence-corrected chi connectivity index (χ3v) is 10.2. The topological polar surface area (TPSA) is 254 Å². The van der Waals surface area contributed by atoms with E-state index in [1.54, 1.807) is 24.3 Å². The summed E-state index contributed by atoms with van der Waals surface area (Å²) in [6.07, 6.45) is 3.03. The smallest absolute Gasteiger partial charge is 0.362 e. The van der Waals surface area contributed by atoms with Gasteiger partial charge in [-0.15, -0.1) is 5.11 Å². The second kappa shape index (κ2) is 27.4. The molecule has 20 heteroatoms.